The van der Waals surface area contributed by atoms with Crippen LogP contribution in [-0.4, -0.2) is 25.3 Å². The van der Waals surface area contributed by atoms with Gasteiger partial charge in [-0.1, -0.05) is 54.6 Å². The van der Waals surface area contributed by atoms with Crippen molar-refractivity contribution in [2.24, 2.45) is 0 Å². The Morgan fingerprint density at radius 2 is 1.68 bits per heavy atom. The lowest BCUT2D eigenvalue weighted by Crippen LogP contribution is -2.42. The SMILES string of the molecule is COC(=O)O[C@H]1C=CC(=O)[C@](C)(c2ccc(-c3ccccc3)cc2)O1. The van der Waals surface area contributed by atoms with E-state index < -0.39 is 18.0 Å². The van der Waals surface area contributed by atoms with Crippen molar-refractivity contribution in [2.45, 2.75) is 18.8 Å². The van der Waals surface area contributed by atoms with E-state index in [1.807, 2.05) is 54.6 Å². The van der Waals surface area contributed by atoms with E-state index in [2.05, 4.69) is 4.74 Å². The fourth-order valence-corrected chi connectivity index (χ4v) is 2.68. The van der Waals surface area contributed by atoms with E-state index in [1.54, 1.807) is 6.92 Å². The minimum atomic E-state index is -1.23. The Kier molecular flexibility index (Phi) is 4.67. The minimum Gasteiger partial charge on any atom is -0.438 e. The highest BCUT2D eigenvalue weighted by Gasteiger charge is 2.40. The molecule has 0 radical (unpaired) electrons. The Morgan fingerprint density at radius 3 is 2.32 bits per heavy atom. The smallest absolute Gasteiger partial charge is 0.438 e. The molecule has 25 heavy (non-hydrogen) atoms. The maximum Gasteiger partial charge on any atom is 0.510 e. The zero-order valence-electron chi connectivity index (χ0n) is 14.0. The number of carbonyl (C=O) groups is 2. The molecule has 128 valence electrons. The molecule has 1 aliphatic heterocycles. The van der Waals surface area contributed by atoms with Crippen molar-refractivity contribution in [1.82, 2.24) is 0 Å². The number of ketones is 1. The van der Waals surface area contributed by atoms with Gasteiger partial charge in [0, 0.05) is 0 Å². The van der Waals surface area contributed by atoms with Crippen LogP contribution in [0.25, 0.3) is 11.1 Å². The van der Waals surface area contributed by atoms with Crippen LogP contribution < -0.4 is 0 Å². The second kappa shape index (κ2) is 6.91. The largest absolute Gasteiger partial charge is 0.510 e. The van der Waals surface area contributed by atoms with Gasteiger partial charge in [0.1, 0.15) is 0 Å². The number of benzene rings is 2. The zero-order valence-corrected chi connectivity index (χ0v) is 14.0. The Hall–Kier alpha value is -2.92. The third-order valence-electron chi connectivity index (χ3n) is 4.15. The first-order valence-electron chi connectivity index (χ1n) is 7.84. The summed E-state index contributed by atoms with van der Waals surface area (Å²) in [5, 5.41) is 0. The fourth-order valence-electron chi connectivity index (χ4n) is 2.68. The number of ether oxygens (including phenoxy) is 3. The Balaban J connectivity index is 1.85. The first-order valence-corrected chi connectivity index (χ1v) is 7.84. The summed E-state index contributed by atoms with van der Waals surface area (Å²) in [7, 11) is 1.21. The predicted molar refractivity (Wildman–Crippen MR) is 91.7 cm³/mol. The second-order valence-corrected chi connectivity index (χ2v) is 5.76. The van der Waals surface area contributed by atoms with Gasteiger partial charge in [0.05, 0.1) is 7.11 Å². The van der Waals surface area contributed by atoms with E-state index in [4.69, 9.17) is 9.47 Å². The molecule has 0 bridgehead atoms. The molecule has 5 heteroatoms. The summed E-state index contributed by atoms with van der Waals surface area (Å²) in [6.07, 6.45) is 0.899. The maximum atomic E-state index is 12.4. The van der Waals surface area contributed by atoms with E-state index >= 15 is 0 Å². The number of hydrogen-bond acceptors (Lipinski definition) is 5. The topological polar surface area (TPSA) is 61.8 Å². The highest BCUT2D eigenvalue weighted by atomic mass is 16.8. The van der Waals surface area contributed by atoms with Gasteiger partial charge in [-0.2, -0.15) is 0 Å². The molecule has 1 aliphatic rings. The van der Waals surface area contributed by atoms with E-state index in [1.165, 1.54) is 19.3 Å². The lowest BCUT2D eigenvalue weighted by atomic mass is 9.88. The Morgan fingerprint density at radius 1 is 1.04 bits per heavy atom. The standard InChI is InChI=1S/C20H18O5/c1-20(17(21)12-13-18(25-20)24-19(22)23-2)16-10-8-15(9-11-16)14-6-4-3-5-7-14/h3-13,18H,1-2H3/t18-,20+/m1/s1. The normalized spacial score (nSPS) is 22.5. The molecule has 2 aromatic carbocycles. The van der Waals surface area contributed by atoms with Gasteiger partial charge in [-0.15, -0.1) is 0 Å². The highest BCUT2D eigenvalue weighted by molar-refractivity contribution is 5.98. The van der Waals surface area contributed by atoms with Crippen LogP contribution in [0, 0.1) is 0 Å². The number of rotatable bonds is 3. The van der Waals surface area contributed by atoms with Gasteiger partial charge in [-0.05, 0) is 35.8 Å². The molecule has 0 spiro atoms. The predicted octanol–water partition coefficient (Wildman–Crippen LogP) is 3.83. The summed E-state index contributed by atoms with van der Waals surface area (Å²) >= 11 is 0. The van der Waals surface area contributed by atoms with E-state index in [0.29, 0.717) is 5.56 Å². The van der Waals surface area contributed by atoms with Crippen LogP contribution in [0.5, 0.6) is 0 Å². The number of hydrogen-bond donors (Lipinski definition) is 0. The van der Waals surface area contributed by atoms with Crippen LogP contribution in [-0.2, 0) is 24.6 Å². The van der Waals surface area contributed by atoms with E-state index in [-0.39, 0.29) is 5.78 Å². The molecule has 0 aliphatic carbocycles. The molecule has 0 aromatic heterocycles. The van der Waals surface area contributed by atoms with Crippen LogP contribution in [0.2, 0.25) is 0 Å². The third kappa shape index (κ3) is 3.46. The van der Waals surface area contributed by atoms with Crippen LogP contribution in [0.15, 0.2) is 66.7 Å². The Bertz CT molecular complexity index is 795. The third-order valence-corrected chi connectivity index (χ3v) is 4.15. The number of methoxy groups -OCH3 is 1. The van der Waals surface area contributed by atoms with Gasteiger partial charge in [-0.3, -0.25) is 4.79 Å². The van der Waals surface area contributed by atoms with Crippen molar-refractivity contribution in [3.8, 4) is 11.1 Å². The van der Waals surface area contributed by atoms with Crippen molar-refractivity contribution < 1.29 is 23.8 Å². The second-order valence-electron chi connectivity index (χ2n) is 5.76. The quantitative estimate of drug-likeness (QED) is 0.796. The van der Waals surface area contributed by atoms with E-state index in [0.717, 1.165) is 11.1 Å². The lowest BCUT2D eigenvalue weighted by Gasteiger charge is -2.33. The highest BCUT2D eigenvalue weighted by Crippen LogP contribution is 2.33. The van der Waals surface area contributed by atoms with E-state index in [9.17, 15) is 9.59 Å². The van der Waals surface area contributed by atoms with Crippen molar-refractivity contribution in [3.63, 3.8) is 0 Å². The molecule has 2 aromatic rings. The molecule has 2 atom stereocenters. The monoisotopic (exact) mass is 338 g/mol. The summed E-state index contributed by atoms with van der Waals surface area (Å²) in [4.78, 5) is 23.7. The summed E-state index contributed by atoms with van der Waals surface area (Å²) in [5.74, 6) is -0.218. The minimum absolute atomic E-state index is 0.218. The molecule has 0 unspecified atom stereocenters. The molecule has 0 amide bonds. The van der Waals surface area contributed by atoms with Gasteiger partial charge in [0.15, 0.2) is 11.4 Å². The molecule has 5 nitrogen and oxygen atoms in total. The summed E-state index contributed by atoms with van der Waals surface area (Å²) in [6.45, 7) is 1.66. The van der Waals surface area contributed by atoms with Crippen molar-refractivity contribution in [2.75, 3.05) is 7.11 Å². The number of carbonyl (C=O) groups excluding carboxylic acids is 2. The van der Waals surface area contributed by atoms with Crippen LogP contribution >= 0.6 is 0 Å². The average molecular weight is 338 g/mol. The maximum absolute atomic E-state index is 12.4. The van der Waals surface area contributed by atoms with Gasteiger partial charge in [-0.25, -0.2) is 4.79 Å². The van der Waals surface area contributed by atoms with Gasteiger partial charge >= 0.3 is 6.16 Å². The van der Waals surface area contributed by atoms with Crippen molar-refractivity contribution in [3.05, 3.63) is 72.3 Å². The molecular formula is C20H18O5. The van der Waals surface area contributed by atoms with Crippen LogP contribution in [0.4, 0.5) is 4.79 Å². The molecule has 0 N–H and O–H groups in total. The average Bonchev–Trinajstić information content (AvgIpc) is 2.65. The van der Waals surface area contributed by atoms with Gasteiger partial charge < -0.3 is 14.2 Å². The molecule has 1 heterocycles. The van der Waals surface area contributed by atoms with Crippen LogP contribution in [0.3, 0.4) is 0 Å². The van der Waals surface area contributed by atoms with Gasteiger partial charge in [0.2, 0.25) is 6.29 Å². The molecule has 0 saturated carbocycles. The molecular weight excluding hydrogens is 320 g/mol. The lowest BCUT2D eigenvalue weighted by molar-refractivity contribution is -0.182. The molecule has 0 saturated heterocycles. The first-order chi connectivity index (χ1) is 12.0. The molecule has 3 rings (SSSR count). The molecule has 0 fully saturated rings. The Labute approximate surface area is 145 Å². The zero-order chi connectivity index (χ0) is 17.9. The van der Waals surface area contributed by atoms with Gasteiger partial charge in [0.25, 0.3) is 0 Å². The van der Waals surface area contributed by atoms with Crippen molar-refractivity contribution in [1.29, 1.82) is 0 Å². The fraction of sp³-hybridized carbons (Fsp3) is 0.200. The van der Waals surface area contributed by atoms with Crippen molar-refractivity contribution >= 4 is 11.9 Å². The first kappa shape index (κ1) is 16.9. The summed E-state index contributed by atoms with van der Waals surface area (Å²) in [5.41, 5.74) is 1.57. The van der Waals surface area contributed by atoms with Crippen LogP contribution in [0.1, 0.15) is 12.5 Å². The summed E-state index contributed by atoms with van der Waals surface area (Å²) in [6, 6.07) is 17.5. The summed E-state index contributed by atoms with van der Waals surface area (Å²) < 4.78 is 15.2.